The molecule has 0 aromatic heterocycles. The van der Waals surface area contributed by atoms with Gasteiger partial charge in [0.05, 0.1) is 0 Å². The fourth-order valence-electron chi connectivity index (χ4n) is 4.16. The second-order valence-electron chi connectivity index (χ2n) is 8.48. The molecule has 1 saturated carbocycles. The summed E-state index contributed by atoms with van der Waals surface area (Å²) in [6.07, 6.45) is 0.808. The molecule has 0 aliphatic heterocycles. The second kappa shape index (κ2) is 11.5. The number of ether oxygens (including phenoxy) is 2. The van der Waals surface area contributed by atoms with E-state index in [1.165, 1.54) is 25.8 Å². The number of ketones is 1. The van der Waals surface area contributed by atoms with Gasteiger partial charge in [0.25, 0.3) is 0 Å². The molecule has 1 N–H and O–H groups in total. The third-order valence-electron chi connectivity index (χ3n) is 6.19. The summed E-state index contributed by atoms with van der Waals surface area (Å²) < 4.78 is 10.7. The Morgan fingerprint density at radius 3 is 2.42 bits per heavy atom. The molecule has 1 fully saturated rings. The van der Waals surface area contributed by atoms with Crippen LogP contribution in [-0.2, 0) is 29.4 Å². The zero-order valence-corrected chi connectivity index (χ0v) is 20.6. The summed E-state index contributed by atoms with van der Waals surface area (Å²) in [4.78, 5) is 51.5. The highest BCUT2D eigenvalue weighted by molar-refractivity contribution is 6.31. The predicted molar refractivity (Wildman–Crippen MR) is 123 cm³/mol. The molecule has 1 aliphatic rings. The van der Waals surface area contributed by atoms with Crippen LogP contribution < -0.4 is 5.32 Å². The Labute approximate surface area is 199 Å². The molecule has 0 spiro atoms. The predicted octanol–water partition coefficient (Wildman–Crippen LogP) is 4.19. The van der Waals surface area contributed by atoms with Crippen LogP contribution in [0.1, 0.15) is 65.4 Å². The first kappa shape index (κ1) is 26.6. The van der Waals surface area contributed by atoms with Crippen molar-refractivity contribution in [1.29, 1.82) is 0 Å². The molecule has 0 bridgehead atoms. The van der Waals surface area contributed by atoms with Crippen LogP contribution in [0, 0.1) is 5.92 Å². The Morgan fingerprint density at radius 1 is 1.18 bits per heavy atom. The molecule has 9 heteroatoms. The Morgan fingerprint density at radius 2 is 1.85 bits per heavy atom. The molecule has 2 rings (SSSR count). The van der Waals surface area contributed by atoms with E-state index in [4.69, 9.17) is 21.1 Å². The van der Waals surface area contributed by atoms with Gasteiger partial charge in [-0.05, 0) is 31.2 Å². The molecule has 1 aliphatic carbocycles. The molecular weight excluding hydrogens is 448 g/mol. The van der Waals surface area contributed by atoms with Gasteiger partial charge in [-0.1, -0.05) is 50.1 Å². The number of carbonyl (C=O) groups excluding carboxylic acids is 4. The zero-order valence-electron chi connectivity index (χ0n) is 19.9. The summed E-state index contributed by atoms with van der Waals surface area (Å²) >= 11 is 6.42. The normalized spacial score (nSPS) is 20.8. The van der Waals surface area contributed by atoms with Gasteiger partial charge in [-0.15, -0.1) is 0 Å². The van der Waals surface area contributed by atoms with Crippen molar-refractivity contribution in [1.82, 2.24) is 10.2 Å². The van der Waals surface area contributed by atoms with Crippen molar-refractivity contribution in [2.75, 3.05) is 7.05 Å². The van der Waals surface area contributed by atoms with Gasteiger partial charge in [-0.3, -0.25) is 14.5 Å². The van der Waals surface area contributed by atoms with Gasteiger partial charge in [-0.2, -0.15) is 0 Å². The summed E-state index contributed by atoms with van der Waals surface area (Å²) in [5, 5.41) is 2.97. The molecular formula is C24H33ClN2O6. The molecule has 4 atom stereocenters. The molecule has 182 valence electrons. The monoisotopic (exact) mass is 480 g/mol. The van der Waals surface area contributed by atoms with Gasteiger partial charge >= 0.3 is 12.1 Å². The largest absolute Gasteiger partial charge is 0.424 e. The number of amides is 2. The van der Waals surface area contributed by atoms with Crippen molar-refractivity contribution < 1.29 is 28.7 Å². The maximum absolute atomic E-state index is 13.1. The van der Waals surface area contributed by atoms with Gasteiger partial charge < -0.3 is 14.8 Å². The van der Waals surface area contributed by atoms with Crippen LogP contribution in [0.3, 0.4) is 0 Å². The van der Waals surface area contributed by atoms with Crippen molar-refractivity contribution in [2.45, 2.75) is 77.7 Å². The standard InChI is InChI=1S/C24H33ClN2O6/c1-6-15(2)21(26-16(3)28)22(30)32-17(4)33-23(31)27(5)24(14-10-9-13-20(24)29)18-11-7-8-12-19(18)25/h7-8,11-12,15,17,21H,6,9-10,13-14H2,1-5H3,(H,26,28)/t15-,17?,21+,24+/m1/s1. The van der Waals surface area contributed by atoms with Crippen LogP contribution in [-0.4, -0.2) is 48.0 Å². The molecule has 8 nitrogen and oxygen atoms in total. The lowest BCUT2D eigenvalue weighted by atomic mass is 9.74. The summed E-state index contributed by atoms with van der Waals surface area (Å²) in [5.74, 6) is -1.35. The van der Waals surface area contributed by atoms with E-state index in [9.17, 15) is 19.2 Å². The van der Waals surface area contributed by atoms with Crippen molar-refractivity contribution >= 4 is 35.4 Å². The molecule has 1 unspecified atom stereocenters. The van der Waals surface area contributed by atoms with Crippen molar-refractivity contribution in [3.05, 3.63) is 34.9 Å². The molecule has 33 heavy (non-hydrogen) atoms. The number of nitrogens with one attached hydrogen (secondary N) is 1. The minimum atomic E-state index is -1.26. The highest BCUT2D eigenvalue weighted by Crippen LogP contribution is 2.42. The minimum Gasteiger partial charge on any atom is -0.424 e. The van der Waals surface area contributed by atoms with E-state index in [0.29, 0.717) is 29.8 Å². The fraction of sp³-hybridized carbons (Fsp3) is 0.583. The van der Waals surface area contributed by atoms with E-state index in [1.807, 2.05) is 13.8 Å². The van der Waals surface area contributed by atoms with Gasteiger partial charge in [0.2, 0.25) is 12.2 Å². The Balaban J connectivity index is 2.20. The van der Waals surface area contributed by atoms with Crippen LogP contribution in [0.5, 0.6) is 0 Å². The maximum atomic E-state index is 13.1. The zero-order chi connectivity index (χ0) is 24.8. The number of hydrogen-bond acceptors (Lipinski definition) is 6. The van der Waals surface area contributed by atoms with E-state index in [2.05, 4.69) is 5.32 Å². The fourth-order valence-corrected chi connectivity index (χ4v) is 4.45. The lowest BCUT2D eigenvalue weighted by Crippen LogP contribution is -2.55. The van der Waals surface area contributed by atoms with Crippen LogP contribution in [0.4, 0.5) is 4.79 Å². The van der Waals surface area contributed by atoms with Gasteiger partial charge in [0.15, 0.2) is 5.78 Å². The number of benzene rings is 1. The number of esters is 1. The number of rotatable bonds is 8. The average Bonchev–Trinajstić information content (AvgIpc) is 2.77. The second-order valence-corrected chi connectivity index (χ2v) is 8.89. The van der Waals surface area contributed by atoms with E-state index in [0.717, 1.165) is 12.8 Å². The number of carbonyl (C=O) groups is 4. The van der Waals surface area contributed by atoms with Crippen LogP contribution in [0.25, 0.3) is 0 Å². The number of hydrogen-bond donors (Lipinski definition) is 1. The number of Topliss-reactive ketones (excluding diaryl/α,β-unsaturated/α-hetero) is 1. The molecule has 0 heterocycles. The highest BCUT2D eigenvalue weighted by atomic mass is 35.5. The average molecular weight is 481 g/mol. The Hall–Kier alpha value is -2.61. The summed E-state index contributed by atoms with van der Waals surface area (Å²) in [7, 11) is 1.49. The lowest BCUT2D eigenvalue weighted by Gasteiger charge is -2.43. The van der Waals surface area contributed by atoms with Gasteiger partial charge in [0, 0.05) is 37.9 Å². The van der Waals surface area contributed by atoms with E-state index in [-0.39, 0.29) is 17.6 Å². The van der Waals surface area contributed by atoms with Crippen LogP contribution in [0.2, 0.25) is 5.02 Å². The van der Waals surface area contributed by atoms with Crippen molar-refractivity contribution in [3.8, 4) is 0 Å². The van der Waals surface area contributed by atoms with Gasteiger partial charge in [0.1, 0.15) is 11.6 Å². The van der Waals surface area contributed by atoms with Crippen LogP contribution >= 0.6 is 11.6 Å². The smallest absolute Gasteiger partial charge is 0.413 e. The highest BCUT2D eigenvalue weighted by Gasteiger charge is 2.49. The van der Waals surface area contributed by atoms with E-state index < -0.39 is 29.9 Å². The molecule has 1 aromatic carbocycles. The SMILES string of the molecule is CC[C@@H](C)[C@H](NC(C)=O)C(=O)OC(C)OC(=O)N(C)[C@]1(c2ccccc2Cl)CCCCC1=O. The quantitative estimate of drug-likeness (QED) is 0.442. The van der Waals surface area contributed by atoms with Crippen molar-refractivity contribution in [3.63, 3.8) is 0 Å². The number of likely N-dealkylation sites (N-methyl/N-ethyl adjacent to an activating group) is 1. The van der Waals surface area contributed by atoms with E-state index in [1.54, 1.807) is 24.3 Å². The van der Waals surface area contributed by atoms with E-state index >= 15 is 0 Å². The number of halogens is 1. The molecule has 1 aromatic rings. The van der Waals surface area contributed by atoms with Crippen molar-refractivity contribution in [2.24, 2.45) is 5.92 Å². The summed E-state index contributed by atoms with van der Waals surface area (Å²) in [6, 6.07) is 6.09. The third-order valence-corrected chi connectivity index (χ3v) is 6.52. The lowest BCUT2D eigenvalue weighted by molar-refractivity contribution is -0.172. The van der Waals surface area contributed by atoms with Crippen LogP contribution in [0.15, 0.2) is 24.3 Å². The van der Waals surface area contributed by atoms with Gasteiger partial charge in [-0.25, -0.2) is 9.59 Å². The maximum Gasteiger partial charge on any atom is 0.413 e. The molecule has 0 radical (unpaired) electrons. The topological polar surface area (TPSA) is 102 Å². The Kier molecular flexibility index (Phi) is 9.28. The Bertz CT molecular complexity index is 891. The number of nitrogens with zero attached hydrogens (tertiary/aromatic N) is 1. The summed E-state index contributed by atoms with van der Waals surface area (Å²) in [5.41, 5.74) is -0.713. The first-order chi connectivity index (χ1) is 15.5. The first-order valence-corrected chi connectivity index (χ1v) is 11.6. The third kappa shape index (κ3) is 6.05. The molecule has 2 amide bonds. The molecule has 0 saturated heterocycles. The summed E-state index contributed by atoms with van der Waals surface area (Å²) in [6.45, 7) is 6.43. The minimum absolute atomic E-state index is 0.117. The first-order valence-electron chi connectivity index (χ1n) is 11.2.